The van der Waals surface area contributed by atoms with Crippen molar-refractivity contribution in [2.75, 3.05) is 13.6 Å². The van der Waals surface area contributed by atoms with Crippen molar-refractivity contribution >= 4 is 0 Å². The summed E-state index contributed by atoms with van der Waals surface area (Å²) in [7, 11) is 2.04. The summed E-state index contributed by atoms with van der Waals surface area (Å²) in [6, 6.07) is 8.94. The lowest BCUT2D eigenvalue weighted by Gasteiger charge is -2.18. The van der Waals surface area contributed by atoms with E-state index < -0.39 is 0 Å². The number of hydrogen-bond donors (Lipinski definition) is 1. The summed E-state index contributed by atoms with van der Waals surface area (Å²) in [4.78, 5) is 0. The van der Waals surface area contributed by atoms with Crippen molar-refractivity contribution < 1.29 is 0 Å². The molecule has 0 heterocycles. The topological polar surface area (TPSA) is 12.0 Å². The monoisotopic (exact) mass is 219 g/mol. The first-order chi connectivity index (χ1) is 7.61. The average Bonchev–Trinajstić information content (AvgIpc) is 2.21. The van der Waals surface area contributed by atoms with Gasteiger partial charge in [0.05, 0.1) is 0 Å². The first kappa shape index (κ1) is 13.2. The molecular weight excluding hydrogens is 194 g/mol. The number of aryl methyl sites for hydroxylation is 1. The zero-order valence-corrected chi connectivity index (χ0v) is 11.1. The maximum atomic E-state index is 3.30. The van der Waals surface area contributed by atoms with Gasteiger partial charge >= 0.3 is 0 Å². The minimum absolute atomic E-state index is 0.757. The van der Waals surface area contributed by atoms with E-state index in [0.29, 0.717) is 0 Å². The van der Waals surface area contributed by atoms with Gasteiger partial charge in [-0.2, -0.15) is 0 Å². The van der Waals surface area contributed by atoms with Crippen LogP contribution in [0.5, 0.6) is 0 Å². The molecule has 0 aliphatic heterocycles. The third-order valence-corrected chi connectivity index (χ3v) is 2.94. The molecule has 0 aliphatic rings. The van der Waals surface area contributed by atoms with Gasteiger partial charge in [-0.3, -0.25) is 0 Å². The molecule has 1 heteroatoms. The largest absolute Gasteiger partial charge is 0.319 e. The second kappa shape index (κ2) is 6.70. The fourth-order valence-electron chi connectivity index (χ4n) is 2.25. The Kier molecular flexibility index (Phi) is 5.54. The fourth-order valence-corrected chi connectivity index (χ4v) is 2.25. The molecule has 16 heavy (non-hydrogen) atoms. The van der Waals surface area contributed by atoms with Crippen LogP contribution in [-0.2, 0) is 6.42 Å². The summed E-state index contributed by atoms with van der Waals surface area (Å²) in [5.41, 5.74) is 2.81. The molecule has 1 N–H and O–H groups in total. The molecule has 1 aromatic rings. The van der Waals surface area contributed by atoms with Crippen molar-refractivity contribution in [2.24, 2.45) is 11.8 Å². The minimum atomic E-state index is 0.757. The van der Waals surface area contributed by atoms with Gasteiger partial charge in [-0.1, -0.05) is 43.7 Å². The lowest BCUT2D eigenvalue weighted by atomic mass is 9.90. The summed E-state index contributed by atoms with van der Waals surface area (Å²) in [6.45, 7) is 7.87. The highest BCUT2D eigenvalue weighted by Gasteiger charge is 2.10. The zero-order valence-electron chi connectivity index (χ0n) is 11.1. The van der Waals surface area contributed by atoms with E-state index in [2.05, 4.69) is 50.4 Å². The first-order valence-corrected chi connectivity index (χ1v) is 6.32. The van der Waals surface area contributed by atoms with Crippen LogP contribution in [0.15, 0.2) is 24.3 Å². The molecule has 0 saturated heterocycles. The number of hydrogen-bond acceptors (Lipinski definition) is 1. The molecule has 0 saturated carbocycles. The molecule has 0 amide bonds. The fraction of sp³-hybridized carbons (Fsp3) is 0.600. The molecule has 1 rings (SSSR count). The number of benzene rings is 1. The quantitative estimate of drug-likeness (QED) is 0.773. The van der Waals surface area contributed by atoms with Crippen LogP contribution in [0, 0.1) is 18.8 Å². The van der Waals surface area contributed by atoms with E-state index in [1.807, 2.05) is 7.05 Å². The molecule has 0 spiro atoms. The lowest BCUT2D eigenvalue weighted by Crippen LogP contribution is -2.22. The predicted molar refractivity (Wildman–Crippen MR) is 71.8 cm³/mol. The van der Waals surface area contributed by atoms with E-state index in [0.717, 1.165) is 18.4 Å². The van der Waals surface area contributed by atoms with Gasteiger partial charge in [0.15, 0.2) is 0 Å². The summed E-state index contributed by atoms with van der Waals surface area (Å²) in [6.07, 6.45) is 2.49. The van der Waals surface area contributed by atoms with E-state index in [4.69, 9.17) is 0 Å². The molecule has 0 aromatic heterocycles. The van der Waals surface area contributed by atoms with Gasteiger partial charge < -0.3 is 5.32 Å². The summed E-state index contributed by atoms with van der Waals surface area (Å²) in [5.74, 6) is 1.54. The minimum Gasteiger partial charge on any atom is -0.319 e. The molecule has 0 bridgehead atoms. The Morgan fingerprint density at radius 2 is 1.75 bits per heavy atom. The molecule has 90 valence electrons. The van der Waals surface area contributed by atoms with E-state index >= 15 is 0 Å². The standard InChI is InChI=1S/C15H25N/c1-12(2)9-15(11-16-4)10-14-7-5-13(3)6-8-14/h5-8,12,15-16H,9-11H2,1-4H3. The molecule has 1 unspecified atom stereocenters. The molecule has 0 aliphatic carbocycles. The Labute approximate surface area is 100 Å². The van der Waals surface area contributed by atoms with E-state index in [1.165, 1.54) is 24.0 Å². The van der Waals surface area contributed by atoms with Gasteiger partial charge in [-0.15, -0.1) is 0 Å². The second-order valence-electron chi connectivity index (χ2n) is 5.24. The SMILES string of the molecule is CNCC(Cc1ccc(C)cc1)CC(C)C. The van der Waals surface area contributed by atoms with Crippen molar-refractivity contribution in [3.05, 3.63) is 35.4 Å². The smallest absolute Gasteiger partial charge is 0.00202 e. The third kappa shape index (κ3) is 4.80. The van der Waals surface area contributed by atoms with Gasteiger partial charge in [0.25, 0.3) is 0 Å². The van der Waals surface area contributed by atoms with Crippen molar-refractivity contribution in [1.29, 1.82) is 0 Å². The molecule has 0 fully saturated rings. The van der Waals surface area contributed by atoms with Crippen LogP contribution in [0.25, 0.3) is 0 Å². The average molecular weight is 219 g/mol. The molecule has 1 nitrogen and oxygen atoms in total. The highest BCUT2D eigenvalue weighted by Crippen LogP contribution is 2.17. The Morgan fingerprint density at radius 3 is 2.25 bits per heavy atom. The Bertz CT molecular complexity index is 287. The Balaban J connectivity index is 2.56. The van der Waals surface area contributed by atoms with Crippen LogP contribution < -0.4 is 5.32 Å². The number of nitrogens with one attached hydrogen (secondary N) is 1. The molecule has 1 aromatic carbocycles. The summed E-state index contributed by atoms with van der Waals surface area (Å²) >= 11 is 0. The highest BCUT2D eigenvalue weighted by atomic mass is 14.8. The normalized spacial score (nSPS) is 13.1. The maximum absolute atomic E-state index is 3.30. The summed E-state index contributed by atoms with van der Waals surface area (Å²) < 4.78 is 0. The van der Waals surface area contributed by atoms with Crippen LogP contribution in [0.1, 0.15) is 31.4 Å². The maximum Gasteiger partial charge on any atom is -0.00202 e. The van der Waals surface area contributed by atoms with Gasteiger partial charge in [-0.25, -0.2) is 0 Å². The second-order valence-corrected chi connectivity index (χ2v) is 5.24. The van der Waals surface area contributed by atoms with E-state index in [-0.39, 0.29) is 0 Å². The lowest BCUT2D eigenvalue weighted by molar-refractivity contribution is 0.395. The van der Waals surface area contributed by atoms with E-state index in [9.17, 15) is 0 Å². The highest BCUT2D eigenvalue weighted by molar-refractivity contribution is 5.21. The van der Waals surface area contributed by atoms with Gasteiger partial charge in [0.2, 0.25) is 0 Å². The van der Waals surface area contributed by atoms with Crippen molar-refractivity contribution in [3.8, 4) is 0 Å². The number of rotatable bonds is 6. The molecule has 0 radical (unpaired) electrons. The van der Waals surface area contributed by atoms with E-state index in [1.54, 1.807) is 0 Å². The first-order valence-electron chi connectivity index (χ1n) is 6.32. The van der Waals surface area contributed by atoms with Crippen LogP contribution >= 0.6 is 0 Å². The van der Waals surface area contributed by atoms with Gasteiger partial charge in [0.1, 0.15) is 0 Å². The molecular formula is C15H25N. The third-order valence-electron chi connectivity index (χ3n) is 2.94. The van der Waals surface area contributed by atoms with Crippen LogP contribution in [0.3, 0.4) is 0 Å². The van der Waals surface area contributed by atoms with Crippen molar-refractivity contribution in [2.45, 2.75) is 33.6 Å². The van der Waals surface area contributed by atoms with Crippen LogP contribution in [-0.4, -0.2) is 13.6 Å². The predicted octanol–water partition coefficient (Wildman–Crippen LogP) is 3.42. The van der Waals surface area contributed by atoms with Crippen molar-refractivity contribution in [1.82, 2.24) is 5.32 Å². The zero-order chi connectivity index (χ0) is 12.0. The van der Waals surface area contributed by atoms with Crippen LogP contribution in [0.2, 0.25) is 0 Å². The Morgan fingerprint density at radius 1 is 1.12 bits per heavy atom. The van der Waals surface area contributed by atoms with Gasteiger partial charge in [0, 0.05) is 0 Å². The Hall–Kier alpha value is -0.820. The summed E-state index contributed by atoms with van der Waals surface area (Å²) in [5, 5.41) is 3.30. The van der Waals surface area contributed by atoms with Crippen molar-refractivity contribution in [3.63, 3.8) is 0 Å². The van der Waals surface area contributed by atoms with Crippen LogP contribution in [0.4, 0.5) is 0 Å². The van der Waals surface area contributed by atoms with Gasteiger partial charge in [-0.05, 0) is 50.8 Å². The molecule has 1 atom stereocenters.